The van der Waals surface area contributed by atoms with Crippen molar-refractivity contribution in [1.82, 2.24) is 10.2 Å². The van der Waals surface area contributed by atoms with Crippen molar-refractivity contribution >= 4 is 41.5 Å². The van der Waals surface area contributed by atoms with E-state index >= 15 is 0 Å². The minimum Gasteiger partial charge on any atom is -0.493 e. The van der Waals surface area contributed by atoms with Crippen LogP contribution >= 0.6 is 24.0 Å². The first-order chi connectivity index (χ1) is 14.1. The van der Waals surface area contributed by atoms with Crippen molar-refractivity contribution in [1.29, 1.82) is 0 Å². The Morgan fingerprint density at radius 3 is 2.53 bits per heavy atom. The minimum atomic E-state index is -0.0329. The van der Waals surface area contributed by atoms with E-state index in [-0.39, 0.29) is 36.4 Å². The fraction of sp³-hybridized carbons (Fsp3) is 0.364. The smallest absolute Gasteiger partial charge is 0.241 e. The predicted molar refractivity (Wildman–Crippen MR) is 132 cm³/mol. The van der Waals surface area contributed by atoms with E-state index in [1.165, 1.54) is 4.90 Å². The number of methoxy groups -OCH3 is 1. The van der Waals surface area contributed by atoms with Crippen molar-refractivity contribution in [2.24, 2.45) is 4.99 Å². The number of carbonyl (C=O) groups excluding carboxylic acids is 1. The van der Waals surface area contributed by atoms with Crippen LogP contribution in [-0.4, -0.2) is 57.7 Å². The van der Waals surface area contributed by atoms with Gasteiger partial charge in [0.2, 0.25) is 5.91 Å². The lowest BCUT2D eigenvalue weighted by Gasteiger charge is -2.15. The maximum absolute atomic E-state index is 11.9. The molecule has 2 aromatic carbocycles. The number of ether oxygens (including phenoxy) is 2. The molecular formula is C22H31IN4O3. The summed E-state index contributed by atoms with van der Waals surface area (Å²) >= 11 is 0. The molecule has 0 spiro atoms. The highest BCUT2D eigenvalue weighted by atomic mass is 127. The number of nitrogens with one attached hydrogen (secondary N) is 2. The van der Waals surface area contributed by atoms with Gasteiger partial charge in [-0.05, 0) is 17.7 Å². The molecule has 30 heavy (non-hydrogen) atoms. The van der Waals surface area contributed by atoms with Gasteiger partial charge in [-0.3, -0.25) is 4.79 Å². The lowest BCUT2D eigenvalue weighted by Crippen LogP contribution is -2.39. The first-order valence-corrected chi connectivity index (χ1v) is 9.59. The Morgan fingerprint density at radius 1 is 1.07 bits per heavy atom. The third kappa shape index (κ3) is 9.93. The lowest BCUT2D eigenvalue weighted by atomic mass is 10.2. The molecule has 0 aliphatic heterocycles. The Morgan fingerprint density at radius 2 is 1.83 bits per heavy atom. The average Bonchev–Trinajstić information content (AvgIpc) is 2.74. The summed E-state index contributed by atoms with van der Waals surface area (Å²) in [6.07, 6.45) is 0.826. The maximum Gasteiger partial charge on any atom is 0.241 e. The zero-order valence-corrected chi connectivity index (χ0v) is 20.1. The molecule has 2 rings (SSSR count). The molecule has 0 fully saturated rings. The zero-order chi connectivity index (χ0) is 20.9. The van der Waals surface area contributed by atoms with E-state index in [1.54, 1.807) is 21.2 Å². The Bertz CT molecular complexity index is 785. The molecule has 0 unspecified atom stereocenters. The van der Waals surface area contributed by atoms with Crippen LogP contribution in [0.25, 0.3) is 0 Å². The summed E-state index contributed by atoms with van der Waals surface area (Å²) in [6.45, 7) is 1.90. The topological polar surface area (TPSA) is 75.2 Å². The number of hydrogen-bond acceptors (Lipinski definition) is 4. The van der Waals surface area contributed by atoms with E-state index in [0.29, 0.717) is 25.7 Å². The quantitative estimate of drug-likeness (QED) is 0.215. The first kappa shape index (κ1) is 25.7. The summed E-state index contributed by atoms with van der Waals surface area (Å²) in [5.74, 6) is 1.26. The number of hydrogen-bond donors (Lipinski definition) is 2. The fourth-order valence-corrected chi connectivity index (χ4v) is 2.40. The Hall–Kier alpha value is -2.33. The molecule has 0 atom stereocenters. The van der Waals surface area contributed by atoms with Crippen LogP contribution in [0.2, 0.25) is 0 Å². The largest absolute Gasteiger partial charge is 0.493 e. The number of carbonyl (C=O) groups is 1. The van der Waals surface area contributed by atoms with Crippen LogP contribution in [0.1, 0.15) is 12.0 Å². The summed E-state index contributed by atoms with van der Waals surface area (Å²) in [5.41, 5.74) is 1.91. The molecule has 0 aliphatic carbocycles. The van der Waals surface area contributed by atoms with Crippen molar-refractivity contribution in [3.63, 3.8) is 0 Å². The molecule has 0 aliphatic rings. The lowest BCUT2D eigenvalue weighted by molar-refractivity contribution is -0.127. The molecule has 2 N–H and O–H groups in total. The van der Waals surface area contributed by atoms with Gasteiger partial charge in [-0.1, -0.05) is 36.4 Å². The predicted octanol–water partition coefficient (Wildman–Crippen LogP) is 3.37. The molecular weight excluding hydrogens is 495 g/mol. The number of nitrogens with zero attached hydrogens (tertiary/aromatic N) is 2. The fourth-order valence-electron chi connectivity index (χ4n) is 2.40. The van der Waals surface area contributed by atoms with Gasteiger partial charge < -0.3 is 25.0 Å². The van der Waals surface area contributed by atoms with Gasteiger partial charge >= 0.3 is 0 Å². The number of benzene rings is 2. The molecule has 7 nitrogen and oxygen atoms in total. The van der Waals surface area contributed by atoms with Crippen LogP contribution in [0, 0.1) is 0 Å². The third-order valence-corrected chi connectivity index (χ3v) is 4.03. The van der Waals surface area contributed by atoms with Crippen molar-refractivity contribution in [2.75, 3.05) is 46.3 Å². The highest BCUT2D eigenvalue weighted by molar-refractivity contribution is 14.0. The van der Waals surface area contributed by atoms with Crippen molar-refractivity contribution in [3.8, 4) is 5.75 Å². The van der Waals surface area contributed by atoms with Gasteiger partial charge in [0.1, 0.15) is 5.75 Å². The second-order valence-corrected chi connectivity index (χ2v) is 6.64. The average molecular weight is 526 g/mol. The van der Waals surface area contributed by atoms with Gasteiger partial charge in [0, 0.05) is 46.0 Å². The number of rotatable bonds is 10. The zero-order valence-electron chi connectivity index (χ0n) is 17.8. The number of aliphatic imine (C=N–C) groups is 1. The Kier molecular flexibility index (Phi) is 12.5. The van der Waals surface area contributed by atoms with E-state index in [0.717, 1.165) is 23.4 Å². The Balaban J connectivity index is 0.00000450. The van der Waals surface area contributed by atoms with E-state index < -0.39 is 0 Å². The standard InChI is InChI=1S/C22H30N4O3.HI/c1-26(2)21(27)17-24-22(23-16-18-9-5-4-6-10-18)25-19-11-7-12-20(15-19)29-14-8-13-28-3;/h4-7,9-12,15H,8,13-14,16-17H2,1-3H3,(H2,23,24,25);1H. The van der Waals surface area contributed by atoms with Crippen LogP contribution in [-0.2, 0) is 16.1 Å². The molecule has 0 saturated heterocycles. The number of amides is 1. The molecule has 2 aromatic rings. The van der Waals surface area contributed by atoms with Gasteiger partial charge in [0.05, 0.1) is 19.7 Å². The van der Waals surface area contributed by atoms with Crippen molar-refractivity contribution in [2.45, 2.75) is 13.0 Å². The number of anilines is 1. The van der Waals surface area contributed by atoms with Crippen LogP contribution < -0.4 is 15.4 Å². The molecule has 8 heteroatoms. The summed E-state index contributed by atoms with van der Waals surface area (Å²) in [4.78, 5) is 18.1. The van der Waals surface area contributed by atoms with Gasteiger partial charge in [-0.15, -0.1) is 24.0 Å². The van der Waals surface area contributed by atoms with E-state index in [2.05, 4.69) is 15.6 Å². The van der Waals surface area contributed by atoms with Gasteiger partial charge in [0.25, 0.3) is 0 Å². The van der Waals surface area contributed by atoms with Crippen LogP contribution in [0.15, 0.2) is 59.6 Å². The molecule has 0 bridgehead atoms. The van der Waals surface area contributed by atoms with Crippen molar-refractivity contribution in [3.05, 3.63) is 60.2 Å². The molecule has 0 heterocycles. The summed E-state index contributed by atoms with van der Waals surface area (Å²) in [7, 11) is 5.13. The first-order valence-electron chi connectivity index (χ1n) is 9.59. The highest BCUT2D eigenvalue weighted by Gasteiger charge is 2.07. The summed E-state index contributed by atoms with van der Waals surface area (Å²) < 4.78 is 10.8. The maximum atomic E-state index is 11.9. The van der Waals surface area contributed by atoms with Crippen LogP contribution in [0.5, 0.6) is 5.75 Å². The van der Waals surface area contributed by atoms with E-state index in [4.69, 9.17) is 9.47 Å². The normalized spacial score (nSPS) is 10.7. The molecule has 164 valence electrons. The molecule has 0 saturated carbocycles. The molecule has 1 amide bonds. The van der Waals surface area contributed by atoms with Crippen LogP contribution in [0.3, 0.4) is 0 Å². The van der Waals surface area contributed by atoms with E-state index in [9.17, 15) is 4.79 Å². The van der Waals surface area contributed by atoms with Crippen LogP contribution in [0.4, 0.5) is 5.69 Å². The molecule has 0 radical (unpaired) electrons. The van der Waals surface area contributed by atoms with Gasteiger partial charge in [0.15, 0.2) is 5.96 Å². The minimum absolute atomic E-state index is 0. The molecule has 0 aromatic heterocycles. The second kappa shape index (κ2) is 14.6. The SMILES string of the molecule is COCCCOc1cccc(NC(=NCc2ccccc2)NCC(=O)N(C)C)c1.I. The van der Waals surface area contributed by atoms with Gasteiger partial charge in [-0.25, -0.2) is 4.99 Å². The summed E-state index contributed by atoms with van der Waals surface area (Å²) in [5, 5.41) is 6.34. The monoisotopic (exact) mass is 526 g/mol. The Labute approximate surface area is 195 Å². The number of halogens is 1. The third-order valence-electron chi connectivity index (χ3n) is 4.03. The van der Waals surface area contributed by atoms with E-state index in [1.807, 2.05) is 54.6 Å². The number of likely N-dealkylation sites (N-methyl/N-ethyl adjacent to an activating group) is 1. The summed E-state index contributed by atoms with van der Waals surface area (Å²) in [6, 6.07) is 17.6. The van der Waals surface area contributed by atoms with Crippen molar-refractivity contribution < 1.29 is 14.3 Å². The van der Waals surface area contributed by atoms with Gasteiger partial charge in [-0.2, -0.15) is 0 Å². The number of guanidine groups is 1. The highest BCUT2D eigenvalue weighted by Crippen LogP contribution is 2.17. The second-order valence-electron chi connectivity index (χ2n) is 6.64.